The first-order valence-electron chi connectivity index (χ1n) is 5.91. The Labute approximate surface area is 124 Å². The van der Waals surface area contributed by atoms with E-state index < -0.39 is 23.8 Å². The molecule has 0 fully saturated rings. The van der Waals surface area contributed by atoms with Gasteiger partial charge in [-0.1, -0.05) is 30.0 Å². The van der Waals surface area contributed by atoms with Crippen LogP contribution in [0.1, 0.15) is 5.56 Å². The fourth-order valence-corrected chi connectivity index (χ4v) is 1.54. The smallest absolute Gasteiger partial charge is 0.431 e. The second kappa shape index (κ2) is 6.95. The Balaban J connectivity index is 3.34. The van der Waals surface area contributed by atoms with Crippen molar-refractivity contribution in [3.05, 3.63) is 35.9 Å². The summed E-state index contributed by atoms with van der Waals surface area (Å²) in [5.74, 6) is 2.26. The number of hydrogen-bond donors (Lipinski definition) is 2. The number of hydrogen-bond acceptors (Lipinski definition) is 4. The van der Waals surface area contributed by atoms with Gasteiger partial charge in [0.05, 0.1) is 7.11 Å². The monoisotopic (exact) mass is 315 g/mol. The molecular formula is C14H12F3NO4. The van der Waals surface area contributed by atoms with E-state index >= 15 is 0 Å². The number of methoxy groups -OCH3 is 1. The van der Waals surface area contributed by atoms with Gasteiger partial charge in [-0.3, -0.25) is 4.79 Å². The summed E-state index contributed by atoms with van der Waals surface area (Å²) in [4.78, 5) is 21.9. The van der Waals surface area contributed by atoms with Gasteiger partial charge in [-0.15, -0.1) is 0 Å². The summed E-state index contributed by atoms with van der Waals surface area (Å²) < 4.78 is 43.7. The van der Waals surface area contributed by atoms with Crippen molar-refractivity contribution in [2.75, 3.05) is 7.11 Å². The zero-order chi connectivity index (χ0) is 16.8. The molecule has 0 saturated heterocycles. The standard InChI is InChI=1S/C14H12F3NO4/c1-22-12(20)11(18-9-19)13(21,14(15,16)17)8-7-10-5-3-2-4-6-10/h2-6,9,11,21H,1H3,(H,18,19)/t11-,13-/m0/s1. The molecule has 5 nitrogen and oxygen atoms in total. The van der Waals surface area contributed by atoms with Crippen molar-refractivity contribution in [2.24, 2.45) is 0 Å². The van der Waals surface area contributed by atoms with Crippen LogP contribution in [-0.4, -0.2) is 42.4 Å². The molecule has 1 rings (SSSR count). The topological polar surface area (TPSA) is 75.6 Å². The minimum absolute atomic E-state index is 0.150. The largest absolute Gasteiger partial charge is 0.467 e. The minimum Gasteiger partial charge on any atom is -0.467 e. The van der Waals surface area contributed by atoms with E-state index in [2.05, 4.69) is 10.7 Å². The number of amides is 1. The van der Waals surface area contributed by atoms with Crippen LogP contribution < -0.4 is 5.32 Å². The summed E-state index contributed by atoms with van der Waals surface area (Å²) in [5.41, 5.74) is -3.60. The second-order valence-electron chi connectivity index (χ2n) is 4.12. The Morgan fingerprint density at radius 3 is 2.41 bits per heavy atom. The van der Waals surface area contributed by atoms with E-state index in [0.29, 0.717) is 0 Å². The zero-order valence-electron chi connectivity index (χ0n) is 11.3. The molecule has 22 heavy (non-hydrogen) atoms. The van der Waals surface area contributed by atoms with Gasteiger partial charge in [0.2, 0.25) is 6.41 Å². The molecule has 1 aromatic rings. The Morgan fingerprint density at radius 1 is 1.36 bits per heavy atom. The SMILES string of the molecule is COC(=O)[C@H](NC=O)[C@@](O)(C#Cc1ccccc1)C(F)(F)F. The first-order valence-corrected chi connectivity index (χ1v) is 5.91. The lowest BCUT2D eigenvalue weighted by Gasteiger charge is -2.31. The normalized spacial score (nSPS) is 14.8. The number of ether oxygens (including phenoxy) is 1. The van der Waals surface area contributed by atoms with E-state index in [1.165, 1.54) is 24.3 Å². The number of alkyl halides is 3. The third kappa shape index (κ3) is 3.77. The molecule has 0 saturated carbocycles. The Morgan fingerprint density at radius 2 is 1.95 bits per heavy atom. The number of carbonyl (C=O) groups excluding carboxylic acids is 2. The number of esters is 1. The first kappa shape index (κ1) is 17.5. The van der Waals surface area contributed by atoms with E-state index in [-0.39, 0.29) is 12.0 Å². The molecule has 0 heterocycles. The van der Waals surface area contributed by atoms with Crippen molar-refractivity contribution in [3.8, 4) is 11.8 Å². The summed E-state index contributed by atoms with van der Waals surface area (Å²) in [5, 5.41) is 11.5. The fourth-order valence-electron chi connectivity index (χ4n) is 1.54. The molecule has 0 aliphatic carbocycles. The van der Waals surface area contributed by atoms with Gasteiger partial charge >= 0.3 is 12.1 Å². The van der Waals surface area contributed by atoms with Crippen molar-refractivity contribution in [1.29, 1.82) is 0 Å². The van der Waals surface area contributed by atoms with Gasteiger partial charge in [0.1, 0.15) is 0 Å². The molecule has 8 heteroatoms. The maximum absolute atomic E-state index is 13.2. The average Bonchev–Trinajstić information content (AvgIpc) is 2.49. The molecule has 0 aliphatic heterocycles. The van der Waals surface area contributed by atoms with Crippen molar-refractivity contribution < 1.29 is 32.6 Å². The quantitative estimate of drug-likeness (QED) is 0.485. The molecule has 1 amide bonds. The van der Waals surface area contributed by atoms with Crippen LogP contribution in [0.4, 0.5) is 13.2 Å². The Bertz CT molecular complexity index is 592. The summed E-state index contributed by atoms with van der Waals surface area (Å²) in [6.45, 7) is 0. The van der Waals surface area contributed by atoms with E-state index in [1.807, 2.05) is 0 Å². The van der Waals surface area contributed by atoms with E-state index in [9.17, 15) is 27.9 Å². The van der Waals surface area contributed by atoms with Crippen LogP contribution in [0.5, 0.6) is 0 Å². The highest BCUT2D eigenvalue weighted by Crippen LogP contribution is 2.33. The lowest BCUT2D eigenvalue weighted by atomic mass is 9.93. The van der Waals surface area contributed by atoms with E-state index in [4.69, 9.17) is 0 Å². The molecule has 2 atom stereocenters. The van der Waals surface area contributed by atoms with Crippen LogP contribution in [0, 0.1) is 11.8 Å². The van der Waals surface area contributed by atoms with E-state index in [1.54, 1.807) is 17.3 Å². The van der Waals surface area contributed by atoms with Crippen molar-refractivity contribution in [3.63, 3.8) is 0 Å². The fraction of sp³-hybridized carbons (Fsp3) is 0.286. The van der Waals surface area contributed by atoms with Crippen LogP contribution in [0.2, 0.25) is 0 Å². The van der Waals surface area contributed by atoms with Crippen LogP contribution in [0.3, 0.4) is 0 Å². The maximum atomic E-state index is 13.2. The van der Waals surface area contributed by atoms with Gasteiger partial charge in [0, 0.05) is 5.56 Å². The van der Waals surface area contributed by atoms with Gasteiger partial charge in [0.25, 0.3) is 5.60 Å². The van der Waals surface area contributed by atoms with Gasteiger partial charge < -0.3 is 15.2 Å². The van der Waals surface area contributed by atoms with Crippen molar-refractivity contribution in [1.82, 2.24) is 5.32 Å². The first-order chi connectivity index (χ1) is 10.3. The highest BCUT2D eigenvalue weighted by atomic mass is 19.4. The summed E-state index contributed by atoms with van der Waals surface area (Å²) >= 11 is 0. The Kier molecular flexibility index (Phi) is 5.54. The third-order valence-corrected chi connectivity index (χ3v) is 2.69. The molecule has 1 aromatic carbocycles. The van der Waals surface area contributed by atoms with Crippen molar-refractivity contribution in [2.45, 2.75) is 17.8 Å². The van der Waals surface area contributed by atoms with E-state index in [0.717, 1.165) is 7.11 Å². The third-order valence-electron chi connectivity index (χ3n) is 2.69. The molecule has 0 aromatic heterocycles. The molecule has 0 spiro atoms. The molecule has 0 aliphatic rings. The second-order valence-corrected chi connectivity index (χ2v) is 4.12. The van der Waals surface area contributed by atoms with Crippen molar-refractivity contribution >= 4 is 12.4 Å². The number of aliphatic hydroxyl groups is 1. The van der Waals surface area contributed by atoms with Gasteiger partial charge in [-0.25, -0.2) is 4.79 Å². The molecule has 2 N–H and O–H groups in total. The number of halogens is 3. The summed E-state index contributed by atoms with van der Waals surface area (Å²) in [6, 6.07) is 5.14. The summed E-state index contributed by atoms with van der Waals surface area (Å²) in [6.07, 6.45) is -5.45. The van der Waals surface area contributed by atoms with Gasteiger partial charge in [0.15, 0.2) is 6.04 Å². The highest BCUT2D eigenvalue weighted by Gasteiger charge is 2.61. The average molecular weight is 315 g/mol. The van der Waals surface area contributed by atoms with Gasteiger partial charge in [-0.2, -0.15) is 13.2 Å². The highest BCUT2D eigenvalue weighted by molar-refractivity contribution is 5.81. The number of rotatable bonds is 4. The Hall–Kier alpha value is -2.53. The predicted molar refractivity (Wildman–Crippen MR) is 69.3 cm³/mol. The van der Waals surface area contributed by atoms with Gasteiger partial charge in [-0.05, 0) is 12.1 Å². The number of nitrogens with one attached hydrogen (secondary N) is 1. The van der Waals surface area contributed by atoms with Crippen LogP contribution in [0.15, 0.2) is 30.3 Å². The molecular weight excluding hydrogens is 303 g/mol. The summed E-state index contributed by atoms with van der Waals surface area (Å²) in [7, 11) is 0.823. The van der Waals surface area contributed by atoms with Crippen LogP contribution >= 0.6 is 0 Å². The molecule has 0 bridgehead atoms. The molecule has 0 unspecified atom stereocenters. The molecule has 0 radical (unpaired) electrons. The number of benzene rings is 1. The van der Waals surface area contributed by atoms with Crippen LogP contribution in [0.25, 0.3) is 0 Å². The number of carbonyl (C=O) groups is 2. The lowest BCUT2D eigenvalue weighted by Crippen LogP contribution is -2.62. The molecule has 118 valence electrons. The van der Waals surface area contributed by atoms with Crippen LogP contribution in [-0.2, 0) is 14.3 Å². The minimum atomic E-state index is -5.30. The lowest BCUT2D eigenvalue weighted by molar-refractivity contribution is -0.246. The zero-order valence-corrected chi connectivity index (χ0v) is 11.3. The predicted octanol–water partition coefficient (Wildman–Crippen LogP) is 0.619. The maximum Gasteiger partial charge on any atom is 0.431 e.